The van der Waals surface area contributed by atoms with Crippen LogP contribution in [0.15, 0.2) is 0 Å². The topological polar surface area (TPSA) is 112 Å². The van der Waals surface area contributed by atoms with Crippen LogP contribution in [0.2, 0.25) is 0 Å². The molecule has 0 saturated heterocycles. The Balaban J connectivity index is 3.56. The Hall–Kier alpha value is -0.540. The summed E-state index contributed by atoms with van der Waals surface area (Å²) in [4.78, 5) is 26.1. The highest BCUT2D eigenvalue weighted by atomic mass is 31.2. The van der Waals surface area contributed by atoms with E-state index in [9.17, 15) is 14.3 Å². The molecule has 10 heteroatoms. The number of quaternary nitrogens is 1. The summed E-state index contributed by atoms with van der Waals surface area (Å²) < 4.78 is 56.9. The zero-order chi connectivity index (χ0) is 36.2. The van der Waals surface area contributed by atoms with E-state index in [0.717, 1.165) is 32.1 Å². The summed E-state index contributed by atoms with van der Waals surface area (Å²) in [6, 6.07) is 0. The van der Waals surface area contributed by atoms with Crippen LogP contribution < -0.4 is 0 Å². The summed E-state index contributed by atoms with van der Waals surface area (Å²) in [5.41, 5.74) is 0. The van der Waals surface area contributed by atoms with Crippen LogP contribution in [0.3, 0.4) is 0 Å². The van der Waals surface area contributed by atoms with E-state index in [-0.39, 0.29) is 6.61 Å². The van der Waals surface area contributed by atoms with E-state index >= 15 is 0 Å². The number of esters is 1. The number of hydrogen-bond donors (Lipinski definition) is 2. The van der Waals surface area contributed by atoms with Crippen LogP contribution in [0.5, 0.6) is 0 Å². The molecule has 0 aromatic carbocycles. The maximum Gasteiger partial charge on any atom is 0.472 e. The zero-order valence-electron chi connectivity index (χ0n) is 32.5. The summed E-state index contributed by atoms with van der Waals surface area (Å²) in [5.74, 6) is -0.728. The molecule has 0 aliphatic heterocycles. The van der Waals surface area contributed by atoms with Gasteiger partial charge in [-0.3, -0.25) is 19.1 Å². The summed E-state index contributed by atoms with van der Waals surface area (Å²) in [5, 5.41) is 9.02. The van der Waals surface area contributed by atoms with Crippen LogP contribution in [-0.4, -0.2) is 74.2 Å². The molecule has 0 aromatic rings. The highest BCUT2D eigenvalue weighted by molar-refractivity contribution is 7.47. The number of phosphoric ester groups is 1. The van der Waals surface area contributed by atoms with Crippen molar-refractivity contribution in [3.05, 3.63) is 0 Å². The molecule has 0 bridgehead atoms. The van der Waals surface area contributed by atoms with Gasteiger partial charge in [-0.05, 0) is 6.42 Å². The molecule has 0 heterocycles. The fourth-order valence-electron chi connectivity index (χ4n) is 4.84. The van der Waals surface area contributed by atoms with Gasteiger partial charge in [0.15, 0.2) is 6.10 Å². The van der Waals surface area contributed by atoms with Crippen LogP contribution in [-0.2, 0) is 28.0 Å². The fourth-order valence-corrected chi connectivity index (χ4v) is 5.58. The van der Waals surface area contributed by atoms with E-state index in [1.807, 2.05) is 21.1 Å². The van der Waals surface area contributed by atoms with Crippen LogP contribution in [0.4, 0.5) is 0 Å². The standard InChI is InChI=1S/C34H70NO8P/c1-5-6-7-8-9-10-11-12-13-14-15-16-17-18-19-20-21-22-23-24-25-26-27-28-34(36)40-31-33(43-37)32-42-44(38,39)41-30-29-35(2,3)4/h33H,5-32H2,1-4H3,(H-,37,38,39)/p+1/t33-/m1/s1/i1D3,28D/t28?,33-. The molecule has 0 aromatic heterocycles. The number of hydrogen-bond acceptors (Lipinski definition) is 7. The van der Waals surface area contributed by atoms with E-state index < -0.39 is 46.4 Å². The summed E-state index contributed by atoms with van der Waals surface area (Å²) >= 11 is 0. The van der Waals surface area contributed by atoms with Gasteiger partial charge in [0.2, 0.25) is 0 Å². The first-order valence-corrected chi connectivity index (χ1v) is 19.0. The van der Waals surface area contributed by atoms with Crippen molar-refractivity contribution >= 4 is 13.8 Å². The molecular formula is C34H71NO8P+. The van der Waals surface area contributed by atoms with Crippen molar-refractivity contribution in [3.8, 4) is 0 Å². The molecule has 0 rings (SSSR count). The number of unbranched alkanes of at least 4 members (excludes halogenated alkanes) is 20. The van der Waals surface area contributed by atoms with Gasteiger partial charge < -0.3 is 14.1 Å². The largest absolute Gasteiger partial charge is 0.472 e. The first kappa shape index (κ1) is 36.3. The Kier molecular flexibility index (Phi) is 24.6. The zero-order valence-corrected chi connectivity index (χ0v) is 29.4. The maximum atomic E-state index is 12.1. The Morgan fingerprint density at radius 3 is 1.50 bits per heavy atom. The van der Waals surface area contributed by atoms with E-state index in [0.29, 0.717) is 23.9 Å². The molecule has 0 aliphatic carbocycles. The van der Waals surface area contributed by atoms with Crippen molar-refractivity contribution in [2.24, 2.45) is 0 Å². The highest BCUT2D eigenvalue weighted by Crippen LogP contribution is 2.43. The van der Waals surface area contributed by atoms with Gasteiger partial charge in [0.05, 0.1) is 27.7 Å². The van der Waals surface area contributed by atoms with E-state index in [1.54, 1.807) is 0 Å². The Bertz CT molecular complexity index is 817. The molecule has 2 N–H and O–H groups in total. The summed E-state index contributed by atoms with van der Waals surface area (Å²) in [6.45, 7) is -2.19. The lowest BCUT2D eigenvalue weighted by atomic mass is 10.0. The molecule has 0 spiro atoms. The van der Waals surface area contributed by atoms with E-state index in [2.05, 4.69) is 4.89 Å². The number of carbonyl (C=O) groups is 1. The van der Waals surface area contributed by atoms with Crippen molar-refractivity contribution in [1.29, 1.82) is 0 Å². The predicted molar refractivity (Wildman–Crippen MR) is 180 cm³/mol. The minimum Gasteiger partial charge on any atom is -0.463 e. The Morgan fingerprint density at radius 1 is 0.705 bits per heavy atom. The molecule has 0 saturated carbocycles. The monoisotopic (exact) mass is 657 g/mol. The van der Waals surface area contributed by atoms with Crippen LogP contribution in [0.25, 0.3) is 0 Å². The molecule has 0 amide bonds. The second kappa shape index (κ2) is 29.8. The number of phosphoric acid groups is 1. The lowest BCUT2D eigenvalue weighted by Gasteiger charge is -2.24. The van der Waals surface area contributed by atoms with Crippen molar-refractivity contribution in [2.45, 2.75) is 167 Å². The van der Waals surface area contributed by atoms with E-state index in [4.69, 9.17) is 24.5 Å². The lowest BCUT2D eigenvalue weighted by Crippen LogP contribution is -2.37. The van der Waals surface area contributed by atoms with Gasteiger partial charge in [0, 0.05) is 11.9 Å². The van der Waals surface area contributed by atoms with Crippen molar-refractivity contribution in [2.75, 3.05) is 47.5 Å². The molecule has 3 atom stereocenters. The second-order valence-corrected chi connectivity index (χ2v) is 14.6. The van der Waals surface area contributed by atoms with Gasteiger partial charge in [-0.1, -0.05) is 148 Å². The van der Waals surface area contributed by atoms with Crippen LogP contribution in [0, 0.1) is 0 Å². The Labute approximate surface area is 276 Å². The van der Waals surface area contributed by atoms with Crippen LogP contribution in [0.1, 0.15) is 166 Å². The molecule has 0 radical (unpaired) electrons. The third-order valence-electron chi connectivity index (χ3n) is 7.69. The third-order valence-corrected chi connectivity index (χ3v) is 8.68. The smallest absolute Gasteiger partial charge is 0.463 e. The van der Waals surface area contributed by atoms with Gasteiger partial charge in [-0.25, -0.2) is 9.45 Å². The second-order valence-electron chi connectivity index (χ2n) is 13.1. The molecular weight excluding hydrogens is 581 g/mol. The average molecular weight is 657 g/mol. The Morgan fingerprint density at radius 2 is 1.11 bits per heavy atom. The number of nitrogens with zero attached hydrogens (tertiary/aromatic N) is 1. The highest BCUT2D eigenvalue weighted by Gasteiger charge is 2.25. The predicted octanol–water partition coefficient (Wildman–Crippen LogP) is 9.61. The quantitative estimate of drug-likeness (QED) is 0.0176. The molecule has 264 valence electrons. The summed E-state index contributed by atoms with van der Waals surface area (Å²) in [7, 11) is 1.38. The van der Waals surface area contributed by atoms with E-state index in [1.165, 1.54) is 103 Å². The SMILES string of the molecule is [2H]C(CCCCCCCCCCCCCCCCCCCCCCCC([2H])([2H])[2H])C(=O)OC[C@H](COP(=O)(O)OCC[N+](C)(C)C)OO. The van der Waals surface area contributed by atoms with Crippen molar-refractivity contribution in [1.82, 2.24) is 0 Å². The molecule has 0 fully saturated rings. The average Bonchev–Trinajstić information content (AvgIpc) is 2.99. The van der Waals surface area contributed by atoms with Gasteiger partial charge in [-0.2, -0.15) is 0 Å². The molecule has 9 nitrogen and oxygen atoms in total. The van der Waals surface area contributed by atoms with Crippen molar-refractivity contribution < 1.29 is 48.1 Å². The van der Waals surface area contributed by atoms with Crippen LogP contribution >= 0.6 is 7.82 Å². The van der Waals surface area contributed by atoms with Gasteiger partial charge >= 0.3 is 13.8 Å². The normalized spacial score (nSPS) is 16.4. The number of carbonyl (C=O) groups excluding carboxylic acids is 1. The molecule has 44 heavy (non-hydrogen) atoms. The maximum absolute atomic E-state index is 12.1. The van der Waals surface area contributed by atoms with Gasteiger partial charge in [0.25, 0.3) is 0 Å². The first-order valence-electron chi connectivity index (χ1n) is 19.5. The summed E-state index contributed by atoms with van der Waals surface area (Å²) in [6.07, 6.45) is 23.9. The molecule has 0 aliphatic rings. The minimum absolute atomic E-state index is 0.00299. The number of rotatable bonds is 34. The fraction of sp³-hybridized carbons (Fsp3) is 0.971. The number of likely N-dealkylation sites (N-methyl/N-ethyl adjacent to an activating group) is 1. The lowest BCUT2D eigenvalue weighted by molar-refractivity contribution is -0.870. The number of ether oxygens (including phenoxy) is 1. The first-order chi connectivity index (χ1) is 22.7. The third kappa shape index (κ3) is 32.8. The molecule has 2 unspecified atom stereocenters. The van der Waals surface area contributed by atoms with Gasteiger partial charge in [0.1, 0.15) is 19.8 Å². The van der Waals surface area contributed by atoms with Gasteiger partial charge in [-0.15, -0.1) is 0 Å². The van der Waals surface area contributed by atoms with Crippen molar-refractivity contribution in [3.63, 3.8) is 0 Å². The minimum atomic E-state index is -4.35.